The van der Waals surface area contributed by atoms with E-state index in [9.17, 15) is 14.9 Å². The molecule has 0 spiro atoms. The van der Waals surface area contributed by atoms with Crippen molar-refractivity contribution in [2.24, 2.45) is 0 Å². The molecule has 1 heterocycles. The second-order valence-electron chi connectivity index (χ2n) is 3.95. The molecule has 0 saturated carbocycles. The summed E-state index contributed by atoms with van der Waals surface area (Å²) >= 11 is 1.05. The summed E-state index contributed by atoms with van der Waals surface area (Å²) in [6.45, 7) is 0.155. The zero-order valence-electron chi connectivity index (χ0n) is 11.2. The number of nitro groups is 1. The fourth-order valence-corrected chi connectivity index (χ4v) is 2.06. The summed E-state index contributed by atoms with van der Waals surface area (Å²) in [5.41, 5.74) is 0.365. The smallest absolute Gasteiger partial charge is 0.277 e. The van der Waals surface area contributed by atoms with E-state index in [-0.39, 0.29) is 35.0 Å². The van der Waals surface area contributed by atoms with Gasteiger partial charge in [0.2, 0.25) is 11.8 Å². The molecule has 22 heavy (non-hydrogen) atoms. The molecule has 2 rings (SSSR count). The van der Waals surface area contributed by atoms with E-state index in [1.54, 1.807) is 6.07 Å². The van der Waals surface area contributed by atoms with Gasteiger partial charge < -0.3 is 9.73 Å². The zero-order valence-corrected chi connectivity index (χ0v) is 12.0. The lowest BCUT2D eigenvalue weighted by Crippen LogP contribution is -2.25. The molecule has 0 aliphatic carbocycles. The largest absolute Gasteiger partial charge is 0.411 e. The Labute approximate surface area is 129 Å². The molecule has 0 unspecified atom stereocenters. The molecule has 0 aliphatic rings. The van der Waals surface area contributed by atoms with E-state index < -0.39 is 4.92 Å². The Morgan fingerprint density at radius 1 is 1.50 bits per heavy atom. The summed E-state index contributed by atoms with van der Waals surface area (Å²) in [4.78, 5) is 21.6. The molecule has 0 saturated heterocycles. The van der Waals surface area contributed by atoms with Crippen molar-refractivity contribution in [1.29, 1.82) is 0 Å². The van der Waals surface area contributed by atoms with E-state index in [4.69, 9.17) is 10.8 Å². The highest BCUT2D eigenvalue weighted by Gasteiger charge is 2.13. The first-order valence-electron chi connectivity index (χ1n) is 6.01. The number of rotatable bonds is 6. The second-order valence-corrected chi connectivity index (χ2v) is 4.88. The number of nitrogens with one attached hydrogen (secondary N) is 1. The normalized spacial score (nSPS) is 9.95. The molecular weight excluding hydrogens is 308 g/mol. The molecule has 2 aromatic rings. The number of benzene rings is 1. The number of nitro benzene ring substituents is 1. The fraction of sp³-hybridized carbons (Fsp3) is 0.154. The molecule has 112 valence electrons. The molecule has 1 aromatic carbocycles. The van der Waals surface area contributed by atoms with E-state index in [1.807, 2.05) is 0 Å². The van der Waals surface area contributed by atoms with Gasteiger partial charge in [-0.25, -0.2) is 0 Å². The lowest BCUT2D eigenvalue weighted by atomic mass is 10.2. The van der Waals surface area contributed by atoms with Gasteiger partial charge in [0.1, 0.15) is 0 Å². The Hall–Kier alpha value is -2.86. The summed E-state index contributed by atoms with van der Waals surface area (Å²) in [5.74, 6) is 2.27. The van der Waals surface area contributed by atoms with Crippen LogP contribution in [0.5, 0.6) is 0 Å². The number of non-ortho nitro benzene ring substituents is 1. The van der Waals surface area contributed by atoms with Crippen LogP contribution in [0.1, 0.15) is 0 Å². The number of terminal acetylenes is 1. The maximum atomic E-state index is 11.4. The van der Waals surface area contributed by atoms with Crippen molar-refractivity contribution in [2.75, 3.05) is 12.3 Å². The van der Waals surface area contributed by atoms with E-state index in [2.05, 4.69) is 21.4 Å². The minimum Gasteiger partial charge on any atom is -0.411 e. The van der Waals surface area contributed by atoms with Crippen LogP contribution in [0.3, 0.4) is 0 Å². The molecule has 0 bridgehead atoms. The zero-order chi connectivity index (χ0) is 15.9. The van der Waals surface area contributed by atoms with Gasteiger partial charge in [0, 0.05) is 17.7 Å². The van der Waals surface area contributed by atoms with Crippen LogP contribution in [0.25, 0.3) is 11.5 Å². The van der Waals surface area contributed by atoms with Crippen LogP contribution in [0.2, 0.25) is 0 Å². The van der Waals surface area contributed by atoms with E-state index in [0.29, 0.717) is 5.56 Å². The Bertz CT molecular complexity index is 738. The summed E-state index contributed by atoms with van der Waals surface area (Å²) in [7, 11) is 0. The van der Waals surface area contributed by atoms with Gasteiger partial charge in [-0.3, -0.25) is 14.9 Å². The molecule has 1 amide bonds. The van der Waals surface area contributed by atoms with Crippen molar-refractivity contribution in [3.8, 4) is 23.8 Å². The number of amides is 1. The van der Waals surface area contributed by atoms with Crippen molar-refractivity contribution < 1.29 is 14.1 Å². The summed E-state index contributed by atoms with van der Waals surface area (Å²) in [5, 5.41) is 21.0. The number of carbonyl (C=O) groups is 1. The second kappa shape index (κ2) is 7.24. The molecule has 8 nitrogen and oxygen atoms in total. The first-order valence-corrected chi connectivity index (χ1v) is 7.00. The van der Waals surface area contributed by atoms with E-state index in [1.165, 1.54) is 18.2 Å². The molecule has 0 aliphatic heterocycles. The first-order chi connectivity index (χ1) is 10.6. The van der Waals surface area contributed by atoms with Crippen molar-refractivity contribution in [2.45, 2.75) is 5.22 Å². The fourth-order valence-electron chi connectivity index (χ4n) is 1.47. The van der Waals surface area contributed by atoms with Crippen LogP contribution in [0.4, 0.5) is 5.69 Å². The molecule has 0 radical (unpaired) electrons. The average molecular weight is 318 g/mol. The number of aromatic nitrogens is 2. The van der Waals surface area contributed by atoms with Crippen molar-refractivity contribution >= 4 is 23.4 Å². The quantitative estimate of drug-likeness (QED) is 0.371. The van der Waals surface area contributed by atoms with Gasteiger partial charge in [-0.15, -0.1) is 16.6 Å². The number of nitrogens with zero attached hydrogens (tertiary/aromatic N) is 3. The highest BCUT2D eigenvalue weighted by molar-refractivity contribution is 7.99. The molecule has 1 N–H and O–H groups in total. The van der Waals surface area contributed by atoms with Gasteiger partial charge in [0.05, 0.1) is 17.2 Å². The lowest BCUT2D eigenvalue weighted by molar-refractivity contribution is -0.384. The third-order valence-electron chi connectivity index (χ3n) is 2.42. The first kappa shape index (κ1) is 15.5. The van der Waals surface area contributed by atoms with Gasteiger partial charge in [0.15, 0.2) is 0 Å². The molecule has 1 aromatic heterocycles. The van der Waals surface area contributed by atoms with Gasteiger partial charge in [0.25, 0.3) is 10.9 Å². The number of carbonyl (C=O) groups excluding carboxylic acids is 1. The van der Waals surface area contributed by atoms with Crippen molar-refractivity contribution in [1.82, 2.24) is 15.5 Å². The van der Waals surface area contributed by atoms with Crippen LogP contribution in [-0.2, 0) is 4.79 Å². The van der Waals surface area contributed by atoms with Crippen LogP contribution in [-0.4, -0.2) is 33.3 Å². The summed E-state index contributed by atoms with van der Waals surface area (Å²) in [6, 6.07) is 5.85. The van der Waals surface area contributed by atoms with Crippen LogP contribution in [0, 0.1) is 22.5 Å². The Morgan fingerprint density at radius 2 is 2.32 bits per heavy atom. The Kier molecular flexibility index (Phi) is 5.11. The van der Waals surface area contributed by atoms with E-state index >= 15 is 0 Å². The van der Waals surface area contributed by atoms with Crippen molar-refractivity contribution in [3.05, 3.63) is 34.4 Å². The highest BCUT2D eigenvalue weighted by atomic mass is 32.2. The van der Waals surface area contributed by atoms with E-state index in [0.717, 1.165) is 11.8 Å². The Balaban J connectivity index is 2.02. The molecule has 0 atom stereocenters. The highest BCUT2D eigenvalue weighted by Crippen LogP contribution is 2.25. The van der Waals surface area contributed by atoms with Crippen LogP contribution in [0.15, 0.2) is 33.9 Å². The number of thioether (sulfide) groups is 1. The van der Waals surface area contributed by atoms with Gasteiger partial charge >= 0.3 is 0 Å². The molecule has 9 heteroatoms. The maximum Gasteiger partial charge on any atom is 0.277 e. The maximum absolute atomic E-state index is 11.4. The lowest BCUT2D eigenvalue weighted by Gasteiger charge is -1.98. The van der Waals surface area contributed by atoms with Gasteiger partial charge in [-0.05, 0) is 6.07 Å². The third-order valence-corrected chi connectivity index (χ3v) is 3.24. The number of hydrogen-bond donors (Lipinski definition) is 1. The minimum absolute atomic E-state index is 0.0708. The summed E-state index contributed by atoms with van der Waals surface area (Å²) < 4.78 is 5.36. The SMILES string of the molecule is C#CCNC(=O)CSc1nnc(-c2cccc([N+](=O)[O-])c2)o1. The predicted molar refractivity (Wildman–Crippen MR) is 79.0 cm³/mol. The van der Waals surface area contributed by atoms with Gasteiger partial charge in [-0.1, -0.05) is 23.7 Å². The topological polar surface area (TPSA) is 111 Å². The van der Waals surface area contributed by atoms with Crippen LogP contribution >= 0.6 is 11.8 Å². The standard InChI is InChI=1S/C13H10N4O4S/c1-2-6-14-11(18)8-22-13-16-15-12(21-13)9-4-3-5-10(7-9)17(19)20/h1,3-5,7H,6,8H2,(H,14,18). The third kappa shape index (κ3) is 4.07. The van der Waals surface area contributed by atoms with Crippen molar-refractivity contribution in [3.63, 3.8) is 0 Å². The Morgan fingerprint density at radius 3 is 3.05 bits per heavy atom. The summed E-state index contributed by atoms with van der Waals surface area (Å²) in [6.07, 6.45) is 5.02. The minimum atomic E-state index is -0.509. The molecule has 0 fully saturated rings. The van der Waals surface area contributed by atoms with Crippen LogP contribution < -0.4 is 5.32 Å². The van der Waals surface area contributed by atoms with Gasteiger partial charge in [-0.2, -0.15) is 0 Å². The number of hydrogen-bond acceptors (Lipinski definition) is 7. The predicted octanol–water partition coefficient (Wildman–Crippen LogP) is 1.49. The monoisotopic (exact) mass is 318 g/mol. The molecular formula is C13H10N4O4S. The average Bonchev–Trinajstić information content (AvgIpc) is 3.00.